The molecule has 0 atom stereocenters. The highest BCUT2D eigenvalue weighted by molar-refractivity contribution is 6.10. The highest BCUT2D eigenvalue weighted by Crippen LogP contribution is 2.26. The summed E-state index contributed by atoms with van der Waals surface area (Å²) in [5, 5.41) is 18.7. The molecule has 0 saturated heterocycles. The van der Waals surface area contributed by atoms with E-state index in [-0.39, 0.29) is 29.5 Å². The maximum atomic E-state index is 11.8. The average Bonchev–Trinajstić information content (AvgIpc) is 2.60. The number of aromatic hydroxyl groups is 2. The summed E-state index contributed by atoms with van der Waals surface area (Å²) in [5.41, 5.74) is 1.43. The molecule has 0 heterocycles. The fourth-order valence-corrected chi connectivity index (χ4v) is 2.05. The first-order valence-electron chi connectivity index (χ1n) is 7.56. The van der Waals surface area contributed by atoms with Crippen LogP contribution in [-0.4, -0.2) is 28.9 Å². The fourth-order valence-electron chi connectivity index (χ4n) is 2.05. The molecule has 0 saturated carbocycles. The maximum absolute atomic E-state index is 11.8. The Morgan fingerprint density at radius 2 is 1.48 bits per heavy atom. The molecule has 2 N–H and O–H groups in total. The molecule has 2 aromatic carbocycles. The molecule has 0 aliphatic rings. The minimum Gasteiger partial charge on any atom is -0.508 e. The number of phenols is 2. The number of carbonyl (C=O) groups is 2. The van der Waals surface area contributed by atoms with E-state index in [4.69, 9.17) is 4.74 Å². The summed E-state index contributed by atoms with van der Waals surface area (Å²) >= 11 is 0. The van der Waals surface area contributed by atoms with Crippen molar-refractivity contribution in [2.75, 3.05) is 7.11 Å². The molecule has 0 aliphatic heterocycles. The Kier molecular flexibility index (Phi) is 6.12. The molecule has 0 spiro atoms. The van der Waals surface area contributed by atoms with Crippen LogP contribution in [0.15, 0.2) is 54.6 Å². The van der Waals surface area contributed by atoms with Crippen molar-refractivity contribution < 1.29 is 24.5 Å². The lowest BCUT2D eigenvalue weighted by Crippen LogP contribution is -2.01. The molecule has 2 rings (SSSR count). The largest absolute Gasteiger partial charge is 0.508 e. The van der Waals surface area contributed by atoms with Gasteiger partial charge in [-0.15, -0.1) is 0 Å². The van der Waals surface area contributed by atoms with Gasteiger partial charge in [-0.1, -0.05) is 30.4 Å². The maximum Gasteiger partial charge on any atom is 0.163 e. The Labute approximate surface area is 145 Å². The molecule has 0 radical (unpaired) electrons. The third kappa shape index (κ3) is 5.66. The van der Waals surface area contributed by atoms with Gasteiger partial charge in [0.05, 0.1) is 13.5 Å². The summed E-state index contributed by atoms with van der Waals surface area (Å²) in [6.07, 6.45) is 5.56. The number of hydrogen-bond acceptors (Lipinski definition) is 5. The van der Waals surface area contributed by atoms with Gasteiger partial charge in [0, 0.05) is 0 Å². The van der Waals surface area contributed by atoms with Gasteiger partial charge >= 0.3 is 0 Å². The van der Waals surface area contributed by atoms with Crippen molar-refractivity contribution in [1.82, 2.24) is 0 Å². The number of benzene rings is 2. The van der Waals surface area contributed by atoms with Crippen molar-refractivity contribution in [2.45, 2.75) is 6.42 Å². The number of ether oxygens (including phenoxy) is 1. The van der Waals surface area contributed by atoms with Gasteiger partial charge < -0.3 is 14.9 Å². The molecule has 0 amide bonds. The second-order valence-corrected chi connectivity index (χ2v) is 5.30. The summed E-state index contributed by atoms with van der Waals surface area (Å²) in [5.74, 6) is -0.170. The highest BCUT2D eigenvalue weighted by Gasteiger charge is 2.05. The lowest BCUT2D eigenvalue weighted by molar-refractivity contribution is -0.121. The van der Waals surface area contributed by atoms with E-state index in [1.54, 1.807) is 36.4 Å². The van der Waals surface area contributed by atoms with Crippen molar-refractivity contribution in [3.8, 4) is 17.2 Å². The van der Waals surface area contributed by atoms with E-state index in [1.165, 1.54) is 37.5 Å². The summed E-state index contributed by atoms with van der Waals surface area (Å²) in [4.78, 5) is 23.7. The number of allylic oxidation sites excluding steroid dienone is 2. The van der Waals surface area contributed by atoms with E-state index in [1.807, 2.05) is 0 Å². The topological polar surface area (TPSA) is 83.8 Å². The van der Waals surface area contributed by atoms with Gasteiger partial charge in [0.1, 0.15) is 5.75 Å². The molecule has 0 aliphatic carbocycles. The summed E-state index contributed by atoms with van der Waals surface area (Å²) in [6.45, 7) is 0. The summed E-state index contributed by atoms with van der Waals surface area (Å²) < 4.78 is 4.99. The highest BCUT2D eigenvalue weighted by atomic mass is 16.5. The van der Waals surface area contributed by atoms with Gasteiger partial charge in [0.15, 0.2) is 23.1 Å². The van der Waals surface area contributed by atoms with Crippen LogP contribution in [-0.2, 0) is 9.59 Å². The van der Waals surface area contributed by atoms with Crippen molar-refractivity contribution >= 4 is 23.7 Å². The van der Waals surface area contributed by atoms with Gasteiger partial charge in [-0.2, -0.15) is 0 Å². The summed E-state index contributed by atoms with van der Waals surface area (Å²) in [7, 11) is 1.44. The fraction of sp³-hybridized carbons (Fsp3) is 0.100. The van der Waals surface area contributed by atoms with Crippen LogP contribution in [0.5, 0.6) is 17.2 Å². The quantitative estimate of drug-likeness (QED) is 0.597. The molecule has 5 nitrogen and oxygen atoms in total. The van der Waals surface area contributed by atoms with E-state index in [9.17, 15) is 19.8 Å². The molecular formula is C20H18O5. The standard InChI is InChI=1S/C20H18O5/c1-25-20-12-15(6-11-19(20)24)5-10-18(23)13-17(22)9-4-14-2-7-16(21)8-3-14/h2-12,21,24H,13H2,1H3/b9-4-,10-5+. The van der Waals surface area contributed by atoms with Gasteiger partial charge in [0.25, 0.3) is 0 Å². The van der Waals surface area contributed by atoms with Crippen LogP contribution in [0.2, 0.25) is 0 Å². The van der Waals surface area contributed by atoms with Gasteiger partial charge in [0.2, 0.25) is 0 Å². The molecule has 0 aromatic heterocycles. The Morgan fingerprint density at radius 1 is 0.920 bits per heavy atom. The second-order valence-electron chi connectivity index (χ2n) is 5.30. The van der Waals surface area contributed by atoms with E-state index in [2.05, 4.69) is 0 Å². The number of ketones is 2. The predicted molar refractivity (Wildman–Crippen MR) is 95.5 cm³/mol. The van der Waals surface area contributed by atoms with E-state index in [0.717, 1.165) is 5.56 Å². The van der Waals surface area contributed by atoms with Crippen LogP contribution < -0.4 is 4.74 Å². The SMILES string of the molecule is COc1cc(/C=C/C(=O)CC(=O)/C=C\c2ccc(O)cc2)ccc1O. The number of rotatable bonds is 7. The monoisotopic (exact) mass is 338 g/mol. The van der Waals surface area contributed by atoms with Crippen molar-refractivity contribution in [1.29, 1.82) is 0 Å². The first-order chi connectivity index (χ1) is 12.0. The minimum atomic E-state index is -0.326. The molecule has 128 valence electrons. The van der Waals surface area contributed by atoms with E-state index in [0.29, 0.717) is 11.3 Å². The molecule has 5 heteroatoms. The lowest BCUT2D eigenvalue weighted by Gasteiger charge is -2.03. The van der Waals surface area contributed by atoms with Crippen molar-refractivity contribution in [2.24, 2.45) is 0 Å². The Balaban J connectivity index is 1.92. The van der Waals surface area contributed by atoms with Crippen molar-refractivity contribution in [3.63, 3.8) is 0 Å². The van der Waals surface area contributed by atoms with Gasteiger partial charge in [-0.3, -0.25) is 9.59 Å². The molecule has 0 unspecified atom stereocenters. The molecule has 25 heavy (non-hydrogen) atoms. The Hall–Kier alpha value is -3.34. The number of methoxy groups -OCH3 is 1. The zero-order valence-corrected chi connectivity index (χ0v) is 13.7. The van der Waals surface area contributed by atoms with E-state index >= 15 is 0 Å². The zero-order valence-electron chi connectivity index (χ0n) is 13.7. The lowest BCUT2D eigenvalue weighted by atomic mass is 10.1. The molecule has 0 fully saturated rings. The third-order valence-electron chi connectivity index (χ3n) is 3.37. The van der Waals surface area contributed by atoms with Gasteiger partial charge in [-0.25, -0.2) is 0 Å². The van der Waals surface area contributed by atoms with Crippen LogP contribution in [0.3, 0.4) is 0 Å². The molecule has 2 aromatic rings. The van der Waals surface area contributed by atoms with Crippen LogP contribution in [0.25, 0.3) is 12.2 Å². The van der Waals surface area contributed by atoms with Crippen LogP contribution >= 0.6 is 0 Å². The first-order valence-corrected chi connectivity index (χ1v) is 7.56. The van der Waals surface area contributed by atoms with Gasteiger partial charge in [-0.05, 0) is 47.5 Å². The van der Waals surface area contributed by atoms with Crippen LogP contribution in [0, 0.1) is 0 Å². The predicted octanol–water partition coefficient (Wildman–Crippen LogP) is 3.36. The number of phenolic OH excluding ortho intramolecular Hbond substituents is 2. The normalized spacial score (nSPS) is 11.1. The third-order valence-corrected chi connectivity index (χ3v) is 3.37. The van der Waals surface area contributed by atoms with Crippen LogP contribution in [0.1, 0.15) is 17.5 Å². The Bertz CT molecular complexity index is 816. The van der Waals surface area contributed by atoms with E-state index < -0.39 is 0 Å². The minimum absolute atomic E-state index is 0.0144. The number of carbonyl (C=O) groups excluding carboxylic acids is 2. The van der Waals surface area contributed by atoms with Crippen LogP contribution in [0.4, 0.5) is 0 Å². The molecule has 0 bridgehead atoms. The molecular weight excluding hydrogens is 320 g/mol. The second kappa shape index (κ2) is 8.49. The zero-order chi connectivity index (χ0) is 18.2. The summed E-state index contributed by atoms with van der Waals surface area (Å²) in [6, 6.07) is 11.1. The van der Waals surface area contributed by atoms with Crippen molar-refractivity contribution in [3.05, 3.63) is 65.7 Å². The number of hydrogen-bond donors (Lipinski definition) is 2. The Morgan fingerprint density at radius 3 is 2.08 bits per heavy atom. The smallest absolute Gasteiger partial charge is 0.163 e. The average molecular weight is 338 g/mol. The first kappa shape index (κ1) is 18.0.